The molecule has 1 unspecified atom stereocenters. The summed E-state index contributed by atoms with van der Waals surface area (Å²) in [6.07, 6.45) is 14.4. The van der Waals surface area contributed by atoms with Crippen molar-refractivity contribution in [3.8, 4) is 0 Å². The Balaban J connectivity index is 1.49. The van der Waals surface area contributed by atoms with Crippen molar-refractivity contribution in [2.24, 2.45) is 46.3 Å². The summed E-state index contributed by atoms with van der Waals surface area (Å²) in [4.78, 5) is 0. The average Bonchev–Trinajstić information content (AvgIpc) is 3.04. The highest BCUT2D eigenvalue weighted by Crippen LogP contribution is 2.67. The second kappa shape index (κ2) is 8.26. The molecule has 4 aliphatic rings. The molecule has 0 radical (unpaired) electrons. The molecule has 178 valence electrons. The Bertz CT molecular complexity index is 710. The Morgan fingerprint density at radius 1 is 1.06 bits per heavy atom. The van der Waals surface area contributed by atoms with Gasteiger partial charge in [0.25, 0.3) is 0 Å². The number of halogens is 1. The molecule has 0 aromatic carbocycles. The predicted molar refractivity (Wildman–Crippen MR) is 138 cm³/mol. The van der Waals surface area contributed by atoms with E-state index in [9.17, 15) is 10.2 Å². The number of hydrogen-bond acceptors (Lipinski definition) is 2. The molecule has 2 N–H and O–H groups in total. The number of allylic oxidation sites excluding steroid dienone is 1. The van der Waals surface area contributed by atoms with E-state index in [-0.39, 0.29) is 0 Å². The Labute approximate surface area is 205 Å². The zero-order valence-electron chi connectivity index (χ0n) is 20.9. The molecule has 9 atom stereocenters. The lowest BCUT2D eigenvalue weighted by Gasteiger charge is -2.59. The van der Waals surface area contributed by atoms with Crippen LogP contribution in [0.1, 0.15) is 106 Å². The number of aliphatic hydroxyl groups is 2. The normalized spacial score (nSPS) is 47.7. The highest BCUT2D eigenvalue weighted by atomic mass is 127. The number of hydrogen-bond donors (Lipinski definition) is 2. The molecule has 3 heteroatoms. The lowest BCUT2D eigenvalue weighted by molar-refractivity contribution is -0.0710. The molecule has 4 aliphatic carbocycles. The summed E-state index contributed by atoms with van der Waals surface area (Å²) in [6, 6.07) is 0. The lowest BCUT2D eigenvalue weighted by Crippen LogP contribution is -2.52. The van der Waals surface area contributed by atoms with E-state index in [1.54, 1.807) is 5.57 Å². The predicted octanol–water partition coefficient (Wildman–Crippen LogP) is 7.51. The van der Waals surface area contributed by atoms with Gasteiger partial charge in [-0.05, 0) is 140 Å². The van der Waals surface area contributed by atoms with Gasteiger partial charge in [0.15, 0.2) is 0 Å². The van der Waals surface area contributed by atoms with Crippen molar-refractivity contribution in [3.05, 3.63) is 11.6 Å². The van der Waals surface area contributed by atoms with Gasteiger partial charge in [-0.3, -0.25) is 0 Å². The van der Waals surface area contributed by atoms with Gasteiger partial charge in [-0.1, -0.05) is 46.3 Å². The molecule has 0 aromatic rings. The van der Waals surface area contributed by atoms with Crippen molar-refractivity contribution in [2.75, 3.05) is 0 Å². The summed E-state index contributed by atoms with van der Waals surface area (Å²) in [5, 5.41) is 21.5. The van der Waals surface area contributed by atoms with Crippen LogP contribution in [0.4, 0.5) is 0 Å². The fourth-order valence-electron chi connectivity index (χ4n) is 8.70. The van der Waals surface area contributed by atoms with Crippen molar-refractivity contribution in [3.63, 3.8) is 0 Å². The number of rotatable bonds is 5. The van der Waals surface area contributed by atoms with Crippen LogP contribution in [0.2, 0.25) is 0 Å². The Kier molecular flexibility index (Phi) is 6.53. The van der Waals surface area contributed by atoms with Gasteiger partial charge in [-0.25, -0.2) is 0 Å². The summed E-state index contributed by atoms with van der Waals surface area (Å²) >= 11 is 2.28. The van der Waals surface area contributed by atoms with E-state index in [0.29, 0.717) is 22.7 Å². The molecule has 2 nitrogen and oxygen atoms in total. The molecule has 0 spiro atoms. The maximum absolute atomic E-state index is 10.8. The zero-order chi connectivity index (χ0) is 22.8. The minimum absolute atomic E-state index is 0.308. The molecule has 31 heavy (non-hydrogen) atoms. The van der Waals surface area contributed by atoms with E-state index in [0.717, 1.165) is 49.4 Å². The first kappa shape index (κ1) is 24.5. The minimum Gasteiger partial charge on any atom is -0.390 e. The summed E-state index contributed by atoms with van der Waals surface area (Å²) in [5.74, 6) is 4.33. The number of fused-ring (bicyclic) bond motifs is 5. The van der Waals surface area contributed by atoms with E-state index in [4.69, 9.17) is 0 Å². The van der Waals surface area contributed by atoms with Crippen LogP contribution >= 0.6 is 22.6 Å². The Morgan fingerprint density at radius 3 is 2.45 bits per heavy atom. The van der Waals surface area contributed by atoms with Crippen molar-refractivity contribution >= 4 is 22.6 Å². The molecular weight excluding hydrogens is 495 g/mol. The fourth-order valence-corrected chi connectivity index (χ4v) is 9.01. The molecule has 0 heterocycles. The van der Waals surface area contributed by atoms with Crippen LogP contribution < -0.4 is 0 Å². The van der Waals surface area contributed by atoms with Gasteiger partial charge in [0.1, 0.15) is 3.61 Å². The van der Waals surface area contributed by atoms with Gasteiger partial charge < -0.3 is 10.2 Å². The maximum atomic E-state index is 10.8. The van der Waals surface area contributed by atoms with Crippen molar-refractivity contribution in [1.82, 2.24) is 0 Å². The monoisotopic (exact) mass is 542 g/mol. The van der Waals surface area contributed by atoms with E-state index in [1.165, 1.54) is 38.5 Å². The molecule has 0 aliphatic heterocycles. The van der Waals surface area contributed by atoms with Crippen LogP contribution in [-0.2, 0) is 0 Å². The van der Waals surface area contributed by atoms with Gasteiger partial charge in [0, 0.05) is 0 Å². The van der Waals surface area contributed by atoms with Crippen molar-refractivity contribution < 1.29 is 10.2 Å². The van der Waals surface area contributed by atoms with E-state index in [2.05, 4.69) is 63.3 Å². The van der Waals surface area contributed by atoms with E-state index < -0.39 is 9.21 Å². The number of alkyl halides is 1. The molecule has 0 aromatic heterocycles. The van der Waals surface area contributed by atoms with Crippen LogP contribution in [0.5, 0.6) is 0 Å². The van der Waals surface area contributed by atoms with Crippen LogP contribution in [0.25, 0.3) is 0 Å². The average molecular weight is 543 g/mol. The van der Waals surface area contributed by atoms with E-state index >= 15 is 0 Å². The first-order valence-corrected chi connectivity index (χ1v) is 14.2. The van der Waals surface area contributed by atoms with Crippen LogP contribution in [-0.4, -0.2) is 19.4 Å². The van der Waals surface area contributed by atoms with Gasteiger partial charge >= 0.3 is 0 Å². The summed E-state index contributed by atoms with van der Waals surface area (Å²) in [7, 11) is 0. The van der Waals surface area contributed by atoms with Crippen LogP contribution in [0.15, 0.2) is 11.6 Å². The van der Waals surface area contributed by atoms with Crippen LogP contribution in [0, 0.1) is 46.3 Å². The SMILES string of the molecule is CC(C)C(O)(I)CC[C@@H](C)[C@H]1CC[C@H]2[C@@H]3CC=C4C[C@@](C)(O)CC[C@]4(C)[C@H]3CC[C@]12C. The fraction of sp³-hybridized carbons (Fsp3) is 0.929. The molecule has 0 amide bonds. The molecule has 0 bridgehead atoms. The summed E-state index contributed by atoms with van der Waals surface area (Å²) in [6.45, 7) is 14.0. The Morgan fingerprint density at radius 2 is 1.77 bits per heavy atom. The van der Waals surface area contributed by atoms with Gasteiger partial charge in [0.05, 0.1) is 5.60 Å². The minimum atomic E-state index is -0.566. The molecular formula is C28H47IO2. The molecule has 0 saturated heterocycles. The summed E-state index contributed by atoms with van der Waals surface area (Å²) in [5.41, 5.74) is 1.88. The second-order valence-corrected chi connectivity index (χ2v) is 15.0. The largest absolute Gasteiger partial charge is 0.390 e. The third kappa shape index (κ3) is 4.20. The maximum Gasteiger partial charge on any atom is 0.118 e. The highest BCUT2D eigenvalue weighted by molar-refractivity contribution is 14.1. The third-order valence-electron chi connectivity index (χ3n) is 11.0. The van der Waals surface area contributed by atoms with Crippen LogP contribution in [0.3, 0.4) is 0 Å². The standard InChI is InChI=1S/C28H47IO2/c1-18(2)28(29,31)14-11-19(3)22-9-10-23-21-8-7-20-17-25(4,30)15-16-26(20,5)24(21)12-13-27(22,23)6/h7,18-19,21-24,30-31H,8-17H2,1-6H3/t19-,21+,22-,23+,24+,25+,26+,27-,28?/m1/s1. The first-order chi connectivity index (χ1) is 14.3. The third-order valence-corrected chi connectivity index (χ3v) is 12.8. The summed E-state index contributed by atoms with van der Waals surface area (Å²) < 4.78 is -0.566. The van der Waals surface area contributed by atoms with E-state index in [1.807, 2.05) is 6.92 Å². The molecule has 3 saturated carbocycles. The molecule has 3 fully saturated rings. The lowest BCUT2D eigenvalue weighted by atomic mass is 9.46. The quantitative estimate of drug-likeness (QED) is 0.214. The smallest absolute Gasteiger partial charge is 0.118 e. The van der Waals surface area contributed by atoms with Gasteiger partial charge in [0.2, 0.25) is 0 Å². The topological polar surface area (TPSA) is 40.5 Å². The zero-order valence-corrected chi connectivity index (χ0v) is 23.0. The van der Waals surface area contributed by atoms with Crippen molar-refractivity contribution in [2.45, 2.75) is 115 Å². The second-order valence-electron chi connectivity index (χ2n) is 13.2. The Hall–Kier alpha value is 0.390. The molecule has 4 rings (SSSR count). The van der Waals surface area contributed by atoms with Crippen molar-refractivity contribution in [1.29, 1.82) is 0 Å². The van der Waals surface area contributed by atoms with Gasteiger partial charge in [-0.2, -0.15) is 0 Å². The van der Waals surface area contributed by atoms with Gasteiger partial charge in [-0.15, -0.1) is 0 Å². The highest BCUT2D eigenvalue weighted by Gasteiger charge is 2.59. The first-order valence-electron chi connectivity index (χ1n) is 13.1.